The molecule has 0 saturated heterocycles. The molecule has 0 amide bonds. The third kappa shape index (κ3) is 3.54. The van der Waals surface area contributed by atoms with Crippen molar-refractivity contribution in [1.29, 1.82) is 0 Å². The van der Waals surface area contributed by atoms with Crippen molar-refractivity contribution in [3.05, 3.63) is 54.4 Å². The molecule has 0 fully saturated rings. The molecule has 2 heterocycles. The number of hydrogen-bond acceptors (Lipinski definition) is 5. The van der Waals surface area contributed by atoms with Gasteiger partial charge in [0.25, 0.3) is 0 Å². The fraction of sp³-hybridized carbons (Fsp3) is 0.222. The summed E-state index contributed by atoms with van der Waals surface area (Å²) in [5.74, 6) is 1.23. The maximum atomic E-state index is 11.3. The highest BCUT2D eigenvalue weighted by Crippen LogP contribution is 2.27. The van der Waals surface area contributed by atoms with Crippen LogP contribution in [0.5, 0.6) is 0 Å². The lowest BCUT2D eigenvalue weighted by atomic mass is 10.1. The summed E-state index contributed by atoms with van der Waals surface area (Å²) in [6, 6.07) is 12.1. The number of benzene rings is 1. The van der Waals surface area contributed by atoms with Crippen LogP contribution in [0.15, 0.2) is 53.9 Å². The van der Waals surface area contributed by atoms with E-state index in [1.54, 1.807) is 19.3 Å². The Morgan fingerprint density at radius 2 is 1.79 bits per heavy atom. The summed E-state index contributed by atoms with van der Waals surface area (Å²) in [5.41, 5.74) is 3.19. The average molecular weight is 338 g/mol. The van der Waals surface area contributed by atoms with Gasteiger partial charge in [0.05, 0.1) is 5.75 Å². The number of ketones is 1. The van der Waals surface area contributed by atoms with Gasteiger partial charge in [-0.1, -0.05) is 30.8 Å². The van der Waals surface area contributed by atoms with Gasteiger partial charge in [-0.25, -0.2) is 0 Å². The first-order chi connectivity index (χ1) is 11.7. The van der Waals surface area contributed by atoms with E-state index < -0.39 is 0 Å². The van der Waals surface area contributed by atoms with E-state index in [1.807, 2.05) is 16.7 Å². The van der Waals surface area contributed by atoms with Crippen molar-refractivity contribution in [2.75, 3.05) is 5.75 Å². The molecule has 24 heavy (non-hydrogen) atoms. The Labute approximate surface area is 145 Å². The van der Waals surface area contributed by atoms with Gasteiger partial charge in [0.15, 0.2) is 11.0 Å². The van der Waals surface area contributed by atoms with Crippen LogP contribution in [0.4, 0.5) is 0 Å². The second kappa shape index (κ2) is 7.40. The number of rotatable bonds is 6. The van der Waals surface area contributed by atoms with Crippen molar-refractivity contribution in [3.8, 4) is 17.1 Å². The highest BCUT2D eigenvalue weighted by Gasteiger charge is 2.16. The predicted molar refractivity (Wildman–Crippen MR) is 95.4 cm³/mol. The van der Waals surface area contributed by atoms with E-state index in [2.05, 4.69) is 46.4 Å². The molecule has 0 atom stereocenters. The summed E-state index contributed by atoms with van der Waals surface area (Å²) in [6.45, 7) is 3.71. The minimum Gasteiger partial charge on any atom is -0.299 e. The normalized spacial score (nSPS) is 10.8. The van der Waals surface area contributed by atoms with Crippen LogP contribution in [0.25, 0.3) is 17.1 Å². The molecular formula is C18H18N4OS. The predicted octanol–water partition coefficient (Wildman–Crippen LogP) is 3.57. The van der Waals surface area contributed by atoms with Crippen molar-refractivity contribution in [2.45, 2.75) is 25.4 Å². The molecule has 0 aliphatic carbocycles. The minimum atomic E-state index is 0.112. The van der Waals surface area contributed by atoms with Crippen molar-refractivity contribution in [2.24, 2.45) is 0 Å². The summed E-state index contributed by atoms with van der Waals surface area (Å²) in [4.78, 5) is 15.4. The SMILES string of the molecule is CCc1ccc(-n2c(SCC(C)=O)nnc2-c2ccncc2)cc1. The Bertz CT molecular complexity index is 828. The monoisotopic (exact) mass is 338 g/mol. The van der Waals surface area contributed by atoms with E-state index in [0.717, 1.165) is 23.5 Å². The van der Waals surface area contributed by atoms with Crippen LogP contribution in [0.1, 0.15) is 19.4 Å². The lowest BCUT2D eigenvalue weighted by Crippen LogP contribution is -2.02. The summed E-state index contributed by atoms with van der Waals surface area (Å²) >= 11 is 1.40. The first-order valence-electron chi connectivity index (χ1n) is 7.76. The van der Waals surface area contributed by atoms with Gasteiger partial charge < -0.3 is 0 Å². The van der Waals surface area contributed by atoms with Crippen molar-refractivity contribution in [3.63, 3.8) is 0 Å². The molecule has 1 aromatic carbocycles. The van der Waals surface area contributed by atoms with Crippen LogP contribution >= 0.6 is 11.8 Å². The van der Waals surface area contributed by atoms with Crippen LogP contribution in [0.3, 0.4) is 0 Å². The molecule has 0 N–H and O–H groups in total. The quantitative estimate of drug-likeness (QED) is 0.643. The summed E-state index contributed by atoms with van der Waals surface area (Å²) < 4.78 is 1.99. The smallest absolute Gasteiger partial charge is 0.196 e. The molecule has 6 heteroatoms. The molecule has 0 spiro atoms. The van der Waals surface area contributed by atoms with Gasteiger partial charge in [-0.2, -0.15) is 0 Å². The van der Waals surface area contributed by atoms with E-state index >= 15 is 0 Å². The second-order valence-corrected chi connectivity index (χ2v) is 6.33. The molecule has 122 valence electrons. The number of pyridine rings is 1. The molecule has 0 bridgehead atoms. The third-order valence-corrected chi connectivity index (χ3v) is 4.65. The highest BCUT2D eigenvalue weighted by molar-refractivity contribution is 7.99. The summed E-state index contributed by atoms with van der Waals surface area (Å²) in [6.07, 6.45) is 4.46. The van der Waals surface area contributed by atoms with Crippen molar-refractivity contribution in [1.82, 2.24) is 19.7 Å². The van der Waals surface area contributed by atoms with Crippen LogP contribution in [0, 0.1) is 0 Å². The van der Waals surface area contributed by atoms with E-state index in [0.29, 0.717) is 10.9 Å². The van der Waals surface area contributed by atoms with Gasteiger partial charge in [0.1, 0.15) is 5.78 Å². The Morgan fingerprint density at radius 1 is 1.08 bits per heavy atom. The van der Waals surface area contributed by atoms with Crippen LogP contribution in [-0.4, -0.2) is 31.3 Å². The second-order valence-electron chi connectivity index (χ2n) is 5.39. The number of aromatic nitrogens is 4. The Kier molecular flexibility index (Phi) is 5.05. The van der Waals surface area contributed by atoms with E-state index in [4.69, 9.17) is 0 Å². The fourth-order valence-corrected chi connectivity index (χ4v) is 3.08. The standard InChI is InChI=1S/C18H18N4OS/c1-3-14-4-6-16(7-5-14)22-17(15-8-10-19-11-9-15)20-21-18(22)24-12-13(2)23/h4-11H,3,12H2,1-2H3. The maximum Gasteiger partial charge on any atom is 0.196 e. The van der Waals surface area contributed by atoms with Crippen LogP contribution in [-0.2, 0) is 11.2 Å². The van der Waals surface area contributed by atoms with Crippen molar-refractivity contribution >= 4 is 17.5 Å². The Balaban J connectivity index is 2.08. The van der Waals surface area contributed by atoms with Gasteiger partial charge in [0.2, 0.25) is 0 Å². The molecule has 3 rings (SSSR count). The van der Waals surface area contributed by atoms with Gasteiger partial charge >= 0.3 is 0 Å². The number of nitrogens with zero attached hydrogens (tertiary/aromatic N) is 4. The number of aryl methyl sites for hydroxylation is 1. The van der Waals surface area contributed by atoms with Crippen LogP contribution in [0.2, 0.25) is 0 Å². The number of carbonyl (C=O) groups is 1. The van der Waals surface area contributed by atoms with Crippen LogP contribution < -0.4 is 0 Å². The largest absolute Gasteiger partial charge is 0.299 e. The minimum absolute atomic E-state index is 0.112. The molecule has 3 aromatic rings. The number of carbonyl (C=O) groups excluding carboxylic acids is 1. The molecule has 5 nitrogen and oxygen atoms in total. The molecule has 0 aliphatic rings. The lowest BCUT2D eigenvalue weighted by Gasteiger charge is -2.10. The molecule has 0 radical (unpaired) electrons. The first kappa shape index (κ1) is 16.4. The zero-order chi connectivity index (χ0) is 16.9. The Hall–Kier alpha value is -2.47. The first-order valence-corrected chi connectivity index (χ1v) is 8.75. The zero-order valence-electron chi connectivity index (χ0n) is 13.6. The number of thioether (sulfide) groups is 1. The molecule has 2 aromatic heterocycles. The summed E-state index contributed by atoms with van der Waals surface area (Å²) in [7, 11) is 0. The summed E-state index contributed by atoms with van der Waals surface area (Å²) in [5, 5.41) is 9.33. The van der Waals surface area contributed by atoms with Gasteiger partial charge in [0, 0.05) is 23.6 Å². The Morgan fingerprint density at radius 3 is 2.42 bits per heavy atom. The average Bonchev–Trinajstić information content (AvgIpc) is 3.04. The van der Waals surface area contributed by atoms with E-state index in [-0.39, 0.29) is 5.78 Å². The van der Waals surface area contributed by atoms with Crippen molar-refractivity contribution < 1.29 is 4.79 Å². The number of hydrogen-bond donors (Lipinski definition) is 0. The zero-order valence-corrected chi connectivity index (χ0v) is 14.5. The topological polar surface area (TPSA) is 60.7 Å². The van der Waals surface area contributed by atoms with Gasteiger partial charge in [-0.05, 0) is 43.2 Å². The van der Waals surface area contributed by atoms with Gasteiger partial charge in [-0.3, -0.25) is 14.3 Å². The van der Waals surface area contributed by atoms with E-state index in [1.165, 1.54) is 17.3 Å². The van der Waals surface area contributed by atoms with Gasteiger partial charge in [-0.15, -0.1) is 10.2 Å². The molecule has 0 saturated carbocycles. The highest BCUT2D eigenvalue weighted by atomic mass is 32.2. The van der Waals surface area contributed by atoms with E-state index in [9.17, 15) is 4.79 Å². The molecule has 0 aliphatic heterocycles. The maximum absolute atomic E-state index is 11.3. The molecular weight excluding hydrogens is 320 g/mol. The number of Topliss-reactive ketones (excluding diaryl/α,β-unsaturated/α-hetero) is 1. The lowest BCUT2D eigenvalue weighted by molar-refractivity contribution is -0.114. The fourth-order valence-electron chi connectivity index (χ4n) is 2.33. The molecule has 0 unspecified atom stereocenters. The third-order valence-electron chi connectivity index (χ3n) is 3.58.